The summed E-state index contributed by atoms with van der Waals surface area (Å²) in [7, 11) is 0. The lowest BCUT2D eigenvalue weighted by atomic mass is 10.2. The predicted octanol–water partition coefficient (Wildman–Crippen LogP) is 4.20. The standard InChI is InChI=1S/C16H13ClF2N2O2/c1-16(5-6-16)23-13-8-10(19)9(18)7-12(13)21-15(22)11-3-2-4-14(17)20-11/h2-4,7-8H,5-6H2,1H3,(H,21,22). The van der Waals surface area contributed by atoms with E-state index in [1.807, 2.05) is 6.92 Å². The first-order chi connectivity index (χ1) is 10.9. The van der Waals surface area contributed by atoms with Crippen LogP contribution in [0.4, 0.5) is 14.5 Å². The molecule has 3 rings (SSSR count). The van der Waals surface area contributed by atoms with Gasteiger partial charge in [-0.25, -0.2) is 13.8 Å². The number of anilines is 1. The summed E-state index contributed by atoms with van der Waals surface area (Å²) in [5.41, 5.74) is -0.299. The first-order valence-corrected chi connectivity index (χ1v) is 7.36. The molecule has 1 aromatic carbocycles. The highest BCUT2D eigenvalue weighted by atomic mass is 35.5. The van der Waals surface area contributed by atoms with Crippen molar-refractivity contribution in [1.82, 2.24) is 4.98 Å². The van der Waals surface area contributed by atoms with Crippen LogP contribution in [0.15, 0.2) is 30.3 Å². The minimum atomic E-state index is -1.08. The molecule has 4 nitrogen and oxygen atoms in total. The number of ether oxygens (including phenoxy) is 1. The molecule has 1 aliphatic rings. The quantitative estimate of drug-likeness (QED) is 0.850. The summed E-state index contributed by atoms with van der Waals surface area (Å²) < 4.78 is 32.6. The number of carbonyl (C=O) groups excluding carboxylic acids is 1. The molecule has 1 aromatic heterocycles. The third-order valence-electron chi connectivity index (χ3n) is 3.53. The number of aromatic nitrogens is 1. The number of rotatable bonds is 4. The Morgan fingerprint density at radius 1 is 1.30 bits per heavy atom. The number of benzene rings is 1. The highest BCUT2D eigenvalue weighted by Gasteiger charge is 2.40. The molecule has 1 aliphatic carbocycles. The number of halogens is 3. The molecule has 0 saturated heterocycles. The van der Waals surface area contributed by atoms with Crippen LogP contribution in [0.25, 0.3) is 0 Å². The van der Waals surface area contributed by atoms with E-state index in [-0.39, 0.29) is 22.3 Å². The van der Waals surface area contributed by atoms with Gasteiger partial charge in [0.25, 0.3) is 5.91 Å². The number of pyridine rings is 1. The van der Waals surface area contributed by atoms with Crippen molar-refractivity contribution >= 4 is 23.2 Å². The van der Waals surface area contributed by atoms with Gasteiger partial charge in [0, 0.05) is 12.1 Å². The number of nitrogens with one attached hydrogen (secondary N) is 1. The predicted molar refractivity (Wildman–Crippen MR) is 81.8 cm³/mol. The summed E-state index contributed by atoms with van der Waals surface area (Å²) in [5, 5.41) is 2.64. The second kappa shape index (κ2) is 5.77. The summed E-state index contributed by atoms with van der Waals surface area (Å²) in [5.74, 6) is -2.63. The fraction of sp³-hybridized carbons (Fsp3) is 0.250. The van der Waals surface area contributed by atoms with E-state index in [1.54, 1.807) is 6.07 Å². The molecular weight excluding hydrogens is 326 g/mol. The summed E-state index contributed by atoms with van der Waals surface area (Å²) in [4.78, 5) is 16.1. The zero-order valence-corrected chi connectivity index (χ0v) is 13.0. The van der Waals surface area contributed by atoms with E-state index in [9.17, 15) is 13.6 Å². The van der Waals surface area contributed by atoms with E-state index in [1.165, 1.54) is 12.1 Å². The SMILES string of the molecule is CC1(Oc2cc(F)c(F)cc2NC(=O)c2cccc(Cl)n2)CC1. The van der Waals surface area contributed by atoms with Crippen LogP contribution in [-0.2, 0) is 0 Å². The number of hydrogen-bond donors (Lipinski definition) is 1. The molecule has 0 unspecified atom stereocenters. The summed E-state index contributed by atoms with van der Waals surface area (Å²) in [6.07, 6.45) is 1.63. The Bertz CT molecular complexity index is 779. The van der Waals surface area contributed by atoms with Gasteiger partial charge in [-0.2, -0.15) is 0 Å². The Balaban J connectivity index is 1.89. The Morgan fingerprint density at radius 2 is 2.00 bits per heavy atom. The van der Waals surface area contributed by atoms with E-state index < -0.39 is 23.1 Å². The Morgan fingerprint density at radius 3 is 2.65 bits per heavy atom. The van der Waals surface area contributed by atoms with E-state index in [2.05, 4.69) is 10.3 Å². The number of hydrogen-bond acceptors (Lipinski definition) is 3. The van der Waals surface area contributed by atoms with Crippen molar-refractivity contribution in [1.29, 1.82) is 0 Å². The van der Waals surface area contributed by atoms with Gasteiger partial charge < -0.3 is 10.1 Å². The van der Waals surface area contributed by atoms with Gasteiger partial charge in [-0.1, -0.05) is 17.7 Å². The largest absolute Gasteiger partial charge is 0.485 e. The van der Waals surface area contributed by atoms with Crippen LogP contribution in [0, 0.1) is 11.6 Å². The second-order valence-electron chi connectivity index (χ2n) is 5.61. The maximum absolute atomic E-state index is 13.5. The third kappa shape index (κ3) is 3.59. The van der Waals surface area contributed by atoms with Gasteiger partial charge in [-0.05, 0) is 31.9 Å². The molecule has 1 saturated carbocycles. The zero-order chi connectivity index (χ0) is 16.6. The number of carbonyl (C=O) groups is 1. The minimum Gasteiger partial charge on any atom is -0.485 e. The van der Waals surface area contributed by atoms with Crippen LogP contribution in [0.3, 0.4) is 0 Å². The molecule has 1 fully saturated rings. The molecule has 0 aliphatic heterocycles. The first kappa shape index (κ1) is 15.7. The smallest absolute Gasteiger partial charge is 0.274 e. The van der Waals surface area contributed by atoms with Gasteiger partial charge in [0.2, 0.25) is 0 Å². The van der Waals surface area contributed by atoms with Crippen molar-refractivity contribution < 1.29 is 18.3 Å². The summed E-state index contributed by atoms with van der Waals surface area (Å²) in [6.45, 7) is 1.86. The van der Waals surface area contributed by atoms with Crippen LogP contribution >= 0.6 is 11.6 Å². The van der Waals surface area contributed by atoms with Crippen molar-refractivity contribution in [2.24, 2.45) is 0 Å². The molecular formula is C16H13ClF2N2O2. The van der Waals surface area contributed by atoms with E-state index in [0.29, 0.717) is 0 Å². The maximum Gasteiger partial charge on any atom is 0.274 e. The lowest BCUT2D eigenvalue weighted by Crippen LogP contribution is -2.18. The van der Waals surface area contributed by atoms with Gasteiger partial charge in [0.05, 0.1) is 5.69 Å². The zero-order valence-electron chi connectivity index (χ0n) is 12.2. The summed E-state index contributed by atoms with van der Waals surface area (Å²) >= 11 is 5.74. The molecule has 1 N–H and O–H groups in total. The van der Waals surface area contributed by atoms with E-state index >= 15 is 0 Å². The Labute approximate surface area is 136 Å². The van der Waals surface area contributed by atoms with Crippen molar-refractivity contribution in [3.63, 3.8) is 0 Å². The lowest BCUT2D eigenvalue weighted by molar-refractivity contribution is 0.102. The van der Waals surface area contributed by atoms with Crippen molar-refractivity contribution in [3.05, 3.63) is 52.8 Å². The molecule has 0 atom stereocenters. The number of amides is 1. The van der Waals surface area contributed by atoms with Crippen LogP contribution in [0.5, 0.6) is 5.75 Å². The average molecular weight is 339 g/mol. The summed E-state index contributed by atoms with van der Waals surface area (Å²) in [6, 6.07) is 6.37. The molecule has 120 valence electrons. The molecule has 7 heteroatoms. The average Bonchev–Trinajstić information content (AvgIpc) is 3.21. The molecule has 1 amide bonds. The normalized spacial score (nSPS) is 15.1. The van der Waals surface area contributed by atoms with Crippen molar-refractivity contribution in [2.45, 2.75) is 25.4 Å². The molecule has 23 heavy (non-hydrogen) atoms. The van der Waals surface area contributed by atoms with Crippen molar-refractivity contribution in [3.8, 4) is 5.75 Å². The van der Waals surface area contributed by atoms with Crippen molar-refractivity contribution in [2.75, 3.05) is 5.32 Å². The molecule has 0 bridgehead atoms. The molecule has 0 spiro atoms. The molecule has 1 heterocycles. The Hall–Kier alpha value is -2.21. The highest BCUT2D eigenvalue weighted by Crippen LogP contribution is 2.42. The first-order valence-electron chi connectivity index (χ1n) is 6.98. The van der Waals surface area contributed by atoms with Gasteiger partial charge in [-0.15, -0.1) is 0 Å². The lowest BCUT2D eigenvalue weighted by Gasteiger charge is -2.17. The van der Waals surface area contributed by atoms with Crippen LogP contribution in [0.1, 0.15) is 30.3 Å². The van der Waals surface area contributed by atoms with E-state index in [0.717, 1.165) is 25.0 Å². The van der Waals surface area contributed by atoms with Gasteiger partial charge >= 0.3 is 0 Å². The van der Waals surface area contributed by atoms with E-state index in [4.69, 9.17) is 16.3 Å². The second-order valence-corrected chi connectivity index (χ2v) is 6.00. The highest BCUT2D eigenvalue weighted by molar-refractivity contribution is 6.29. The van der Waals surface area contributed by atoms with Crippen LogP contribution < -0.4 is 10.1 Å². The van der Waals surface area contributed by atoms with Gasteiger partial charge in [0.1, 0.15) is 22.2 Å². The number of nitrogens with zero attached hydrogens (tertiary/aromatic N) is 1. The van der Waals surface area contributed by atoms with Crippen LogP contribution in [-0.4, -0.2) is 16.5 Å². The third-order valence-corrected chi connectivity index (χ3v) is 3.74. The van der Waals surface area contributed by atoms with Gasteiger partial charge in [-0.3, -0.25) is 4.79 Å². The fourth-order valence-electron chi connectivity index (χ4n) is 1.98. The minimum absolute atomic E-state index is 0.0452. The topological polar surface area (TPSA) is 51.2 Å². The van der Waals surface area contributed by atoms with Gasteiger partial charge in [0.15, 0.2) is 11.6 Å². The molecule has 2 aromatic rings. The van der Waals surface area contributed by atoms with Crippen LogP contribution in [0.2, 0.25) is 5.15 Å². The Kier molecular flexibility index (Phi) is 3.93. The monoisotopic (exact) mass is 338 g/mol. The maximum atomic E-state index is 13.5. The molecule has 0 radical (unpaired) electrons. The fourth-order valence-corrected chi connectivity index (χ4v) is 2.14.